The zero-order chi connectivity index (χ0) is 19.2. The quantitative estimate of drug-likeness (QED) is 0.430. The van der Waals surface area contributed by atoms with Gasteiger partial charge < -0.3 is 25.4 Å². The minimum atomic E-state index is -0.924. The van der Waals surface area contributed by atoms with Crippen LogP contribution in [0.5, 0.6) is 0 Å². The topological polar surface area (TPSA) is 143 Å². The maximum atomic E-state index is 12.4. The van der Waals surface area contributed by atoms with Crippen LogP contribution in [0.25, 0.3) is 11.2 Å². The summed E-state index contributed by atoms with van der Waals surface area (Å²) in [6, 6.07) is 8.66. The molecule has 1 aromatic carbocycles. The number of hydrogen-bond donors (Lipinski definition) is 4. The second-order valence-corrected chi connectivity index (χ2v) is 5.63. The van der Waals surface area contributed by atoms with Crippen molar-refractivity contribution in [1.82, 2.24) is 19.5 Å². The van der Waals surface area contributed by atoms with E-state index in [4.69, 9.17) is 14.9 Å². The minimum Gasteiger partial charge on any atom is -0.394 e. The number of imidazole rings is 1. The van der Waals surface area contributed by atoms with Crippen molar-refractivity contribution in [2.45, 2.75) is 12.3 Å². The first-order valence-corrected chi connectivity index (χ1v) is 8.20. The molecule has 1 amide bonds. The van der Waals surface area contributed by atoms with Crippen LogP contribution in [-0.4, -0.2) is 66.7 Å². The highest BCUT2D eigenvalue weighted by Crippen LogP contribution is 2.22. The van der Waals surface area contributed by atoms with Gasteiger partial charge in [-0.05, 0) is 12.1 Å². The van der Waals surface area contributed by atoms with Crippen molar-refractivity contribution >= 4 is 22.9 Å². The molecular formula is C17H19N5O5. The number of carbonyl (C=O) groups excluding carboxylic acids is 1. The van der Waals surface area contributed by atoms with Crippen LogP contribution in [0.15, 0.2) is 43.0 Å². The van der Waals surface area contributed by atoms with Crippen LogP contribution in [0, 0.1) is 0 Å². The van der Waals surface area contributed by atoms with Gasteiger partial charge >= 0.3 is 0 Å². The normalized spacial score (nSPS) is 12.4. The lowest BCUT2D eigenvalue weighted by molar-refractivity contribution is -0.110. The van der Waals surface area contributed by atoms with Crippen molar-refractivity contribution in [3.05, 3.63) is 48.5 Å². The van der Waals surface area contributed by atoms with Crippen LogP contribution in [0.4, 0.5) is 5.82 Å². The molecule has 0 aliphatic heterocycles. The first kappa shape index (κ1) is 18.9. The number of carbonyl (C=O) groups is 1. The number of rotatable bonds is 8. The van der Waals surface area contributed by atoms with E-state index in [0.717, 1.165) is 0 Å². The summed E-state index contributed by atoms with van der Waals surface area (Å²) in [7, 11) is 0. The Balaban J connectivity index is 1.89. The molecule has 10 heteroatoms. The fourth-order valence-corrected chi connectivity index (χ4v) is 2.49. The van der Waals surface area contributed by atoms with Gasteiger partial charge in [0.1, 0.15) is 12.4 Å². The summed E-state index contributed by atoms with van der Waals surface area (Å²) in [5.74, 6) is -0.133. The maximum absolute atomic E-state index is 12.4. The predicted octanol–water partition coefficient (Wildman–Crippen LogP) is -0.0607. The Morgan fingerprint density at radius 3 is 2.48 bits per heavy atom. The van der Waals surface area contributed by atoms with Gasteiger partial charge in [-0.1, -0.05) is 18.2 Å². The van der Waals surface area contributed by atoms with Gasteiger partial charge in [0, 0.05) is 5.56 Å². The van der Waals surface area contributed by atoms with E-state index in [1.807, 2.05) is 6.07 Å². The second-order valence-electron chi connectivity index (χ2n) is 5.63. The molecule has 0 radical (unpaired) electrons. The third-order valence-electron chi connectivity index (χ3n) is 3.85. The molecule has 0 aliphatic carbocycles. The molecular weight excluding hydrogens is 354 g/mol. The van der Waals surface area contributed by atoms with E-state index in [0.29, 0.717) is 16.7 Å². The first-order valence-electron chi connectivity index (χ1n) is 8.20. The van der Waals surface area contributed by atoms with Crippen molar-refractivity contribution in [3.8, 4) is 0 Å². The van der Waals surface area contributed by atoms with E-state index < -0.39 is 32.2 Å². The summed E-state index contributed by atoms with van der Waals surface area (Å²) in [6.45, 7) is -1.25. The number of hydrogen-bond acceptors (Lipinski definition) is 8. The fraction of sp³-hybridized carbons (Fsp3) is 0.294. The highest BCUT2D eigenvalue weighted by Gasteiger charge is 2.21. The number of nitrogens with zero attached hydrogens (tertiary/aromatic N) is 4. The lowest BCUT2D eigenvalue weighted by Crippen LogP contribution is -2.28. The molecule has 27 heavy (non-hydrogen) atoms. The SMILES string of the molecule is O=C(Nc1ncnc2c1ncn2[C@@H](CO)OC(CO)CO)c1ccccc1. The summed E-state index contributed by atoms with van der Waals surface area (Å²) >= 11 is 0. The smallest absolute Gasteiger partial charge is 0.256 e. The van der Waals surface area contributed by atoms with Crippen LogP contribution in [0.3, 0.4) is 0 Å². The summed E-state index contributed by atoms with van der Waals surface area (Å²) < 4.78 is 6.90. The number of aliphatic hydroxyl groups is 3. The van der Waals surface area contributed by atoms with Crippen molar-refractivity contribution < 1.29 is 24.9 Å². The van der Waals surface area contributed by atoms with Gasteiger partial charge in [-0.25, -0.2) is 15.0 Å². The molecule has 4 N–H and O–H groups in total. The van der Waals surface area contributed by atoms with Crippen LogP contribution in [0.1, 0.15) is 16.6 Å². The number of fused-ring (bicyclic) bond motifs is 1. The second kappa shape index (κ2) is 8.64. The Bertz CT molecular complexity index is 897. The third-order valence-corrected chi connectivity index (χ3v) is 3.85. The average Bonchev–Trinajstić information content (AvgIpc) is 3.15. The third kappa shape index (κ3) is 4.09. The fourth-order valence-electron chi connectivity index (χ4n) is 2.49. The molecule has 0 aliphatic rings. The van der Waals surface area contributed by atoms with E-state index in [2.05, 4.69) is 20.3 Å². The van der Waals surface area contributed by atoms with Crippen LogP contribution < -0.4 is 5.32 Å². The van der Waals surface area contributed by atoms with E-state index >= 15 is 0 Å². The highest BCUT2D eigenvalue weighted by molar-refractivity contribution is 6.06. The molecule has 0 fully saturated rings. The summed E-state index contributed by atoms with van der Waals surface area (Å²) in [4.78, 5) is 24.7. The van der Waals surface area contributed by atoms with Crippen molar-refractivity contribution in [2.24, 2.45) is 0 Å². The minimum absolute atomic E-state index is 0.213. The van der Waals surface area contributed by atoms with E-state index in [9.17, 15) is 9.90 Å². The summed E-state index contributed by atoms with van der Waals surface area (Å²) in [6.07, 6.45) is 0.848. The highest BCUT2D eigenvalue weighted by atomic mass is 16.5. The molecule has 10 nitrogen and oxygen atoms in total. The van der Waals surface area contributed by atoms with Crippen molar-refractivity contribution in [2.75, 3.05) is 25.1 Å². The van der Waals surface area contributed by atoms with E-state index in [1.165, 1.54) is 17.2 Å². The maximum Gasteiger partial charge on any atom is 0.256 e. The molecule has 3 rings (SSSR count). The van der Waals surface area contributed by atoms with Gasteiger partial charge in [0.05, 0.1) is 26.1 Å². The van der Waals surface area contributed by atoms with Crippen LogP contribution in [-0.2, 0) is 4.74 Å². The van der Waals surface area contributed by atoms with Gasteiger partial charge in [-0.15, -0.1) is 0 Å². The van der Waals surface area contributed by atoms with Gasteiger partial charge in [0.15, 0.2) is 23.2 Å². The number of ether oxygens (including phenoxy) is 1. The Kier molecular flexibility index (Phi) is 6.04. The average molecular weight is 373 g/mol. The lowest BCUT2D eigenvalue weighted by atomic mass is 10.2. The summed E-state index contributed by atoms with van der Waals surface area (Å²) in [5, 5.41) is 30.6. The van der Waals surface area contributed by atoms with Gasteiger partial charge in [0.25, 0.3) is 5.91 Å². The zero-order valence-electron chi connectivity index (χ0n) is 14.3. The molecule has 0 spiro atoms. The number of benzene rings is 1. The summed E-state index contributed by atoms with van der Waals surface area (Å²) in [5.41, 5.74) is 1.10. The molecule has 3 aromatic rings. The molecule has 0 unspecified atom stereocenters. The first-order chi connectivity index (χ1) is 13.2. The largest absolute Gasteiger partial charge is 0.394 e. The lowest BCUT2D eigenvalue weighted by Gasteiger charge is -2.22. The number of aliphatic hydroxyl groups excluding tert-OH is 3. The number of anilines is 1. The zero-order valence-corrected chi connectivity index (χ0v) is 14.3. The molecule has 2 aromatic heterocycles. The Hall–Kier alpha value is -2.92. The molecule has 142 valence electrons. The van der Waals surface area contributed by atoms with Gasteiger partial charge in [-0.2, -0.15) is 0 Å². The number of amides is 1. The molecule has 1 atom stereocenters. The Morgan fingerprint density at radius 1 is 1.07 bits per heavy atom. The Labute approximate surface area is 154 Å². The van der Waals surface area contributed by atoms with Crippen LogP contribution >= 0.6 is 0 Å². The molecule has 0 saturated heterocycles. The van der Waals surface area contributed by atoms with Crippen molar-refractivity contribution in [1.29, 1.82) is 0 Å². The number of nitrogens with one attached hydrogen (secondary N) is 1. The molecule has 0 saturated carbocycles. The van der Waals surface area contributed by atoms with Crippen molar-refractivity contribution in [3.63, 3.8) is 0 Å². The Morgan fingerprint density at radius 2 is 1.81 bits per heavy atom. The number of aromatic nitrogens is 4. The van der Waals surface area contributed by atoms with Gasteiger partial charge in [0.2, 0.25) is 0 Å². The monoisotopic (exact) mass is 373 g/mol. The van der Waals surface area contributed by atoms with E-state index in [1.54, 1.807) is 24.3 Å². The van der Waals surface area contributed by atoms with Crippen LogP contribution in [0.2, 0.25) is 0 Å². The predicted molar refractivity (Wildman–Crippen MR) is 94.9 cm³/mol. The van der Waals surface area contributed by atoms with Gasteiger partial charge in [-0.3, -0.25) is 9.36 Å². The van der Waals surface area contributed by atoms with E-state index in [-0.39, 0.29) is 11.7 Å². The molecule has 2 heterocycles. The standard InChI is InChI=1S/C17H19N5O5/c23-6-12(7-24)27-13(8-25)22-10-20-14-15(18-9-19-16(14)22)21-17(26)11-4-2-1-3-5-11/h1-5,9-10,12-13,23-25H,6-8H2,(H,18,19,21,26)/t13-/m1/s1. The molecule has 0 bridgehead atoms.